The Kier molecular flexibility index (Phi) is 13.2. The molecule has 4 N–H and O–H groups in total. The van der Waals surface area contributed by atoms with Gasteiger partial charge in [-0.2, -0.15) is 0 Å². The van der Waals surface area contributed by atoms with E-state index in [-0.39, 0.29) is 41.8 Å². The van der Waals surface area contributed by atoms with Gasteiger partial charge in [0.05, 0.1) is 12.2 Å². The number of carbonyl (C=O) groups is 6. The van der Waals surface area contributed by atoms with Crippen molar-refractivity contribution in [1.29, 1.82) is 0 Å². The van der Waals surface area contributed by atoms with Crippen LogP contribution in [0.1, 0.15) is 97.5 Å². The summed E-state index contributed by atoms with van der Waals surface area (Å²) in [6.07, 6.45) is 8.20. The van der Waals surface area contributed by atoms with Gasteiger partial charge in [0.2, 0.25) is 23.5 Å². The van der Waals surface area contributed by atoms with E-state index in [1.807, 2.05) is 27.7 Å². The van der Waals surface area contributed by atoms with Gasteiger partial charge < -0.3 is 26.2 Å². The molecule has 0 radical (unpaired) electrons. The highest BCUT2D eigenvalue weighted by Crippen LogP contribution is 2.42. The first-order valence-electron chi connectivity index (χ1n) is 16.6. The maximum atomic E-state index is 14.2. The lowest BCUT2D eigenvalue weighted by Crippen LogP contribution is -2.60. The Labute approximate surface area is 271 Å². The number of Topliss-reactive ketones (excluding diaryl/α,β-unsaturated/α-hetero) is 1. The number of fused-ring (bicyclic) bond motifs is 1. The maximum Gasteiger partial charge on any atom is 0.289 e. The lowest BCUT2D eigenvalue weighted by atomic mass is 9.92. The molecule has 2 aliphatic rings. The molecule has 254 valence electrons. The van der Waals surface area contributed by atoms with Gasteiger partial charge in [-0.05, 0) is 56.3 Å². The third kappa shape index (κ3) is 8.88. The highest BCUT2D eigenvalue weighted by Gasteiger charge is 2.51. The summed E-state index contributed by atoms with van der Waals surface area (Å²) in [6.45, 7) is 13.1. The molecule has 46 heavy (non-hydrogen) atoms. The molecule has 13 heteroatoms. The van der Waals surface area contributed by atoms with Crippen LogP contribution in [-0.4, -0.2) is 86.9 Å². The summed E-state index contributed by atoms with van der Waals surface area (Å²) in [4.78, 5) is 89.7. The van der Waals surface area contributed by atoms with Crippen LogP contribution in [0.5, 0.6) is 0 Å². The quantitative estimate of drug-likeness (QED) is 0.209. The largest absolute Gasteiger partial charge is 0.347 e. The summed E-state index contributed by atoms with van der Waals surface area (Å²) in [6, 6.07) is -3.95. The molecule has 0 aromatic carbocycles. The number of nitrogens with zero attached hydrogens (tertiary/aromatic N) is 3. The molecular weight excluding hydrogens is 590 g/mol. The van der Waals surface area contributed by atoms with Gasteiger partial charge in [0.1, 0.15) is 23.8 Å². The number of hydrogen-bond donors (Lipinski definition) is 4. The van der Waals surface area contributed by atoms with Crippen molar-refractivity contribution in [2.45, 2.75) is 117 Å². The molecule has 1 saturated carbocycles. The monoisotopic (exact) mass is 641 g/mol. The minimum atomic E-state index is -1.01. The molecule has 3 rings (SSSR count). The number of nitrogens with one attached hydrogen (secondary N) is 4. The van der Waals surface area contributed by atoms with Crippen molar-refractivity contribution in [1.82, 2.24) is 36.1 Å². The minimum absolute atomic E-state index is 0.0621. The van der Waals surface area contributed by atoms with Crippen LogP contribution in [0.15, 0.2) is 18.6 Å². The first-order chi connectivity index (χ1) is 21.8. The van der Waals surface area contributed by atoms with Gasteiger partial charge >= 0.3 is 0 Å². The third-order valence-electron chi connectivity index (χ3n) is 9.13. The fourth-order valence-electron chi connectivity index (χ4n) is 6.34. The summed E-state index contributed by atoms with van der Waals surface area (Å²) in [5.74, 6) is -4.00. The van der Waals surface area contributed by atoms with E-state index in [9.17, 15) is 28.8 Å². The van der Waals surface area contributed by atoms with Crippen molar-refractivity contribution < 1.29 is 28.8 Å². The molecule has 0 spiro atoms. The van der Waals surface area contributed by atoms with Crippen molar-refractivity contribution in [3.8, 4) is 0 Å². The Morgan fingerprint density at radius 1 is 0.891 bits per heavy atom. The van der Waals surface area contributed by atoms with Crippen molar-refractivity contribution in [2.24, 2.45) is 23.7 Å². The smallest absolute Gasteiger partial charge is 0.289 e. The van der Waals surface area contributed by atoms with Gasteiger partial charge in [0, 0.05) is 25.0 Å². The molecule has 2 fully saturated rings. The first kappa shape index (κ1) is 36.6. The summed E-state index contributed by atoms with van der Waals surface area (Å²) in [5, 5.41) is 11.1. The molecule has 0 bridgehead atoms. The number of rotatable bonds is 15. The Hall–Kier alpha value is -3.90. The highest BCUT2D eigenvalue weighted by molar-refractivity contribution is 6.38. The number of carbonyl (C=O) groups excluding carboxylic acids is 6. The van der Waals surface area contributed by atoms with Crippen molar-refractivity contribution in [3.63, 3.8) is 0 Å². The maximum absolute atomic E-state index is 14.2. The number of aromatic nitrogens is 2. The second kappa shape index (κ2) is 16.6. The molecule has 7 atom stereocenters. The Morgan fingerprint density at radius 3 is 2.17 bits per heavy atom. The van der Waals surface area contributed by atoms with Crippen LogP contribution in [0.4, 0.5) is 0 Å². The van der Waals surface area contributed by atoms with Crippen LogP contribution >= 0.6 is 0 Å². The van der Waals surface area contributed by atoms with Gasteiger partial charge in [-0.25, -0.2) is 4.98 Å². The number of ketones is 1. The molecule has 1 aromatic rings. The molecular formula is C33H51N7O6. The number of amides is 5. The zero-order valence-electron chi connectivity index (χ0n) is 28.2. The molecule has 1 aliphatic heterocycles. The zero-order chi connectivity index (χ0) is 34.1. The standard InChI is InChI=1S/C33H51N7O6/c1-8-11-23(28(41)32(45)36-20(7)9-2)37-31(44)27-22-13-10-12-21(22)17-40(27)33(46)26(19(5)6)39-30(43)25(18(3)4)38-29(42)24-16-34-14-15-35-24/h14-16,18-23,25-27H,8-13,17H2,1-7H3,(H,36,45)(H,37,44)(H,38,42)(H,39,43)/t20-,21+,22+,23?,25-,26+,27+/m1/s1. The lowest BCUT2D eigenvalue weighted by molar-refractivity contribution is -0.145. The molecule has 13 nitrogen and oxygen atoms in total. The van der Waals surface area contributed by atoms with Crippen LogP contribution in [0.3, 0.4) is 0 Å². The second-order valence-electron chi connectivity index (χ2n) is 13.3. The van der Waals surface area contributed by atoms with E-state index in [4.69, 9.17) is 0 Å². The van der Waals surface area contributed by atoms with E-state index >= 15 is 0 Å². The molecule has 1 aliphatic carbocycles. The SMILES string of the molecule is CCCC(NC(=O)[C@@H]1[C@H]2CCC[C@H]2CN1C(=O)[C@@H](NC(=O)[C@H](NC(=O)c1cnccn1)C(C)C)C(C)C)C(=O)C(=O)N[C@H](C)CC. The molecule has 1 saturated heterocycles. The molecule has 2 heterocycles. The lowest BCUT2D eigenvalue weighted by Gasteiger charge is -2.34. The average molecular weight is 642 g/mol. The molecule has 5 amide bonds. The van der Waals surface area contributed by atoms with Gasteiger partial charge in [-0.1, -0.05) is 54.4 Å². The topological polar surface area (TPSA) is 180 Å². The summed E-state index contributed by atoms with van der Waals surface area (Å²) < 4.78 is 0. The fourth-order valence-corrected chi connectivity index (χ4v) is 6.34. The third-order valence-corrected chi connectivity index (χ3v) is 9.13. The van der Waals surface area contributed by atoms with Crippen molar-refractivity contribution in [3.05, 3.63) is 24.3 Å². The van der Waals surface area contributed by atoms with E-state index in [1.54, 1.807) is 25.7 Å². The average Bonchev–Trinajstić information content (AvgIpc) is 3.63. The van der Waals surface area contributed by atoms with E-state index in [0.29, 0.717) is 19.4 Å². The number of hydrogen-bond acceptors (Lipinski definition) is 8. The predicted molar refractivity (Wildman–Crippen MR) is 171 cm³/mol. The van der Waals surface area contributed by atoms with Crippen molar-refractivity contribution >= 4 is 35.3 Å². The van der Waals surface area contributed by atoms with Gasteiger partial charge in [-0.15, -0.1) is 0 Å². The van der Waals surface area contributed by atoms with Crippen molar-refractivity contribution in [2.75, 3.05) is 6.54 Å². The second-order valence-corrected chi connectivity index (χ2v) is 13.3. The highest BCUT2D eigenvalue weighted by atomic mass is 16.2. The summed E-state index contributed by atoms with van der Waals surface area (Å²) >= 11 is 0. The van der Waals surface area contributed by atoms with E-state index < -0.39 is 59.5 Å². The van der Waals surface area contributed by atoms with Crippen LogP contribution in [-0.2, 0) is 24.0 Å². The normalized spacial score (nSPS) is 21.6. The van der Waals surface area contributed by atoms with Gasteiger partial charge in [-0.3, -0.25) is 33.8 Å². The van der Waals surface area contributed by atoms with Gasteiger partial charge in [0.25, 0.3) is 11.8 Å². The van der Waals surface area contributed by atoms with Gasteiger partial charge in [0.15, 0.2) is 0 Å². The van der Waals surface area contributed by atoms with E-state index in [0.717, 1.165) is 19.3 Å². The molecule has 1 unspecified atom stereocenters. The first-order valence-corrected chi connectivity index (χ1v) is 16.6. The Bertz CT molecular complexity index is 1260. The summed E-state index contributed by atoms with van der Waals surface area (Å²) in [5.41, 5.74) is 0.0621. The number of likely N-dealkylation sites (tertiary alicyclic amines) is 1. The Balaban J connectivity index is 1.80. The van der Waals surface area contributed by atoms with Crippen LogP contribution in [0, 0.1) is 23.7 Å². The van der Waals surface area contributed by atoms with E-state index in [1.165, 1.54) is 18.6 Å². The predicted octanol–water partition coefficient (Wildman–Crippen LogP) is 1.77. The molecule has 1 aromatic heterocycles. The Morgan fingerprint density at radius 2 is 1.59 bits per heavy atom. The van der Waals surface area contributed by atoms with Crippen LogP contribution in [0.2, 0.25) is 0 Å². The minimum Gasteiger partial charge on any atom is -0.347 e. The van der Waals surface area contributed by atoms with Crippen LogP contribution in [0.25, 0.3) is 0 Å². The fraction of sp³-hybridized carbons (Fsp3) is 0.697. The summed E-state index contributed by atoms with van der Waals surface area (Å²) in [7, 11) is 0. The zero-order valence-corrected chi connectivity index (χ0v) is 28.2. The van der Waals surface area contributed by atoms with E-state index in [2.05, 4.69) is 31.2 Å². The van der Waals surface area contributed by atoms with Crippen LogP contribution < -0.4 is 21.3 Å².